The second-order valence-corrected chi connectivity index (χ2v) is 5.73. The van der Waals surface area contributed by atoms with Gasteiger partial charge in [-0.15, -0.1) is 0 Å². The Morgan fingerprint density at radius 1 is 1.22 bits per heavy atom. The molecule has 0 saturated carbocycles. The second-order valence-electron chi connectivity index (χ2n) is 5.32. The van der Waals surface area contributed by atoms with E-state index in [1.807, 2.05) is 36.4 Å². The molecule has 1 atom stereocenters. The molecule has 0 radical (unpaired) electrons. The molecule has 1 N–H and O–H groups in total. The van der Waals surface area contributed by atoms with Crippen LogP contribution < -0.4 is 14.8 Å². The molecule has 0 aromatic heterocycles. The van der Waals surface area contributed by atoms with Gasteiger partial charge in [0.2, 0.25) is 5.91 Å². The molecule has 1 aliphatic heterocycles. The zero-order chi connectivity index (χ0) is 16.1. The zero-order valence-electron chi connectivity index (χ0n) is 12.6. The van der Waals surface area contributed by atoms with Gasteiger partial charge in [-0.3, -0.25) is 4.79 Å². The van der Waals surface area contributed by atoms with Crippen molar-refractivity contribution in [1.29, 1.82) is 0 Å². The Kier molecular flexibility index (Phi) is 5.03. The van der Waals surface area contributed by atoms with Crippen molar-refractivity contribution in [2.75, 3.05) is 13.2 Å². The minimum absolute atomic E-state index is 0.00670. The van der Waals surface area contributed by atoms with Crippen molar-refractivity contribution in [3.8, 4) is 11.5 Å². The Bertz CT molecular complexity index is 689. The predicted molar refractivity (Wildman–Crippen MR) is 89.0 cm³/mol. The predicted octanol–water partition coefficient (Wildman–Crippen LogP) is 3.75. The van der Waals surface area contributed by atoms with Gasteiger partial charge in [0.15, 0.2) is 0 Å². The molecule has 0 spiro atoms. The maximum Gasteiger partial charge on any atom is 0.223 e. The van der Waals surface area contributed by atoms with Crippen molar-refractivity contribution in [2.24, 2.45) is 0 Å². The van der Waals surface area contributed by atoms with E-state index in [2.05, 4.69) is 5.32 Å². The number of hydrogen-bond acceptors (Lipinski definition) is 3. The molecule has 0 aliphatic carbocycles. The number of hydrogen-bond donors (Lipinski definition) is 1. The molecule has 1 aliphatic rings. The molecule has 0 saturated heterocycles. The van der Waals surface area contributed by atoms with Gasteiger partial charge in [-0.1, -0.05) is 41.9 Å². The monoisotopic (exact) mass is 331 g/mol. The van der Waals surface area contributed by atoms with Gasteiger partial charge in [0, 0.05) is 12.0 Å². The summed E-state index contributed by atoms with van der Waals surface area (Å²) in [6.07, 6.45) is 1.05. The summed E-state index contributed by atoms with van der Waals surface area (Å²) in [5, 5.41) is 3.59. The highest BCUT2D eigenvalue weighted by molar-refractivity contribution is 6.32. The maximum absolute atomic E-state index is 12.1. The number of benzene rings is 2. The number of para-hydroxylation sites is 2. The molecule has 2 aromatic carbocycles. The Morgan fingerprint density at radius 2 is 2.00 bits per heavy atom. The van der Waals surface area contributed by atoms with Gasteiger partial charge < -0.3 is 14.8 Å². The number of carbonyl (C=O) groups excluding carboxylic acids is 1. The van der Waals surface area contributed by atoms with E-state index in [9.17, 15) is 4.79 Å². The minimum Gasteiger partial charge on any atom is -0.493 e. The van der Waals surface area contributed by atoms with Crippen molar-refractivity contribution in [1.82, 2.24) is 5.32 Å². The van der Waals surface area contributed by atoms with Crippen molar-refractivity contribution >= 4 is 17.5 Å². The van der Waals surface area contributed by atoms with Crippen LogP contribution in [-0.4, -0.2) is 19.1 Å². The summed E-state index contributed by atoms with van der Waals surface area (Å²) in [5.41, 5.74) is 1.03. The smallest absolute Gasteiger partial charge is 0.223 e. The number of halogens is 1. The lowest BCUT2D eigenvalue weighted by molar-refractivity contribution is -0.122. The van der Waals surface area contributed by atoms with E-state index in [0.29, 0.717) is 24.0 Å². The van der Waals surface area contributed by atoms with Gasteiger partial charge in [0.05, 0.1) is 30.7 Å². The summed E-state index contributed by atoms with van der Waals surface area (Å²) in [4.78, 5) is 12.1. The van der Waals surface area contributed by atoms with Gasteiger partial charge in [0.1, 0.15) is 11.5 Å². The summed E-state index contributed by atoms with van der Waals surface area (Å²) in [5.74, 6) is 1.40. The molecule has 2 aromatic rings. The van der Waals surface area contributed by atoms with E-state index in [0.717, 1.165) is 17.7 Å². The first-order chi connectivity index (χ1) is 11.2. The number of carbonyl (C=O) groups is 1. The molecule has 120 valence electrons. The molecular weight excluding hydrogens is 314 g/mol. The molecule has 0 bridgehead atoms. The van der Waals surface area contributed by atoms with Crippen molar-refractivity contribution in [3.63, 3.8) is 0 Å². The van der Waals surface area contributed by atoms with E-state index in [1.54, 1.807) is 12.1 Å². The average molecular weight is 332 g/mol. The van der Waals surface area contributed by atoms with Crippen molar-refractivity contribution < 1.29 is 14.3 Å². The van der Waals surface area contributed by atoms with Crippen LogP contribution in [0.4, 0.5) is 0 Å². The van der Waals surface area contributed by atoms with Crippen molar-refractivity contribution in [2.45, 2.75) is 18.9 Å². The third kappa shape index (κ3) is 3.96. The van der Waals surface area contributed by atoms with E-state index in [1.165, 1.54) is 0 Å². The van der Waals surface area contributed by atoms with Gasteiger partial charge >= 0.3 is 0 Å². The number of nitrogens with one attached hydrogen (secondary N) is 1. The fourth-order valence-electron chi connectivity index (χ4n) is 2.57. The largest absolute Gasteiger partial charge is 0.493 e. The molecule has 3 rings (SSSR count). The van der Waals surface area contributed by atoms with Crippen LogP contribution in [0.3, 0.4) is 0 Å². The molecule has 23 heavy (non-hydrogen) atoms. The van der Waals surface area contributed by atoms with Crippen LogP contribution in [0.5, 0.6) is 11.5 Å². The van der Waals surface area contributed by atoms with Crippen LogP contribution in [0.1, 0.15) is 24.4 Å². The van der Waals surface area contributed by atoms with Crippen LogP contribution in [0.15, 0.2) is 48.5 Å². The van der Waals surface area contributed by atoms with Crippen LogP contribution in [-0.2, 0) is 4.79 Å². The number of rotatable bonds is 5. The average Bonchev–Trinajstić information content (AvgIpc) is 2.57. The molecule has 1 unspecified atom stereocenters. The van der Waals surface area contributed by atoms with E-state index in [-0.39, 0.29) is 18.4 Å². The SMILES string of the molecule is O=C(CCOc1ccccc1Cl)NC1CCOc2ccccc21. The first kappa shape index (κ1) is 15.7. The standard InChI is InChI=1S/C18H18ClNO3/c19-14-6-2-4-8-17(14)23-12-10-18(21)20-15-9-11-22-16-7-3-1-5-13(15)16/h1-8,15H,9-12H2,(H,20,21). The fraction of sp³-hybridized carbons (Fsp3) is 0.278. The molecule has 1 heterocycles. The molecule has 1 amide bonds. The van der Waals surface area contributed by atoms with Gasteiger partial charge in [-0.2, -0.15) is 0 Å². The lowest BCUT2D eigenvalue weighted by atomic mass is 10.0. The Balaban J connectivity index is 1.52. The Labute approximate surface area is 140 Å². The lowest BCUT2D eigenvalue weighted by Crippen LogP contribution is -2.32. The van der Waals surface area contributed by atoms with E-state index >= 15 is 0 Å². The second kappa shape index (κ2) is 7.38. The normalized spacial score (nSPS) is 16.1. The van der Waals surface area contributed by atoms with Crippen LogP contribution in [0.25, 0.3) is 0 Å². The van der Waals surface area contributed by atoms with Crippen molar-refractivity contribution in [3.05, 3.63) is 59.1 Å². The minimum atomic E-state index is -0.0428. The lowest BCUT2D eigenvalue weighted by Gasteiger charge is -2.26. The van der Waals surface area contributed by atoms with E-state index < -0.39 is 0 Å². The highest BCUT2D eigenvalue weighted by atomic mass is 35.5. The summed E-state index contributed by atoms with van der Waals surface area (Å²) in [6.45, 7) is 0.901. The van der Waals surface area contributed by atoms with Crippen LogP contribution >= 0.6 is 11.6 Å². The number of amides is 1. The first-order valence-electron chi connectivity index (χ1n) is 7.62. The number of fused-ring (bicyclic) bond motifs is 1. The Morgan fingerprint density at radius 3 is 2.87 bits per heavy atom. The topological polar surface area (TPSA) is 47.6 Å². The third-order valence-electron chi connectivity index (χ3n) is 3.72. The van der Waals surface area contributed by atoms with Crippen LogP contribution in [0, 0.1) is 0 Å². The van der Waals surface area contributed by atoms with Gasteiger partial charge in [-0.25, -0.2) is 0 Å². The summed E-state index contributed by atoms with van der Waals surface area (Å²) < 4.78 is 11.1. The fourth-order valence-corrected chi connectivity index (χ4v) is 2.76. The third-order valence-corrected chi connectivity index (χ3v) is 4.03. The zero-order valence-corrected chi connectivity index (χ0v) is 13.4. The molecule has 0 fully saturated rings. The maximum atomic E-state index is 12.1. The van der Waals surface area contributed by atoms with Gasteiger partial charge in [-0.05, 0) is 18.2 Å². The highest BCUT2D eigenvalue weighted by Gasteiger charge is 2.22. The summed E-state index contributed by atoms with van der Waals surface area (Å²) in [6, 6.07) is 15.0. The summed E-state index contributed by atoms with van der Waals surface area (Å²) >= 11 is 6.01. The van der Waals surface area contributed by atoms with Crippen LogP contribution in [0.2, 0.25) is 5.02 Å². The highest BCUT2D eigenvalue weighted by Crippen LogP contribution is 2.31. The molecule has 4 nitrogen and oxygen atoms in total. The Hall–Kier alpha value is -2.20. The van der Waals surface area contributed by atoms with E-state index in [4.69, 9.17) is 21.1 Å². The van der Waals surface area contributed by atoms with Gasteiger partial charge in [0.25, 0.3) is 0 Å². The number of ether oxygens (including phenoxy) is 2. The first-order valence-corrected chi connectivity index (χ1v) is 8.00. The quantitative estimate of drug-likeness (QED) is 0.907. The molecular formula is C18H18ClNO3. The molecule has 5 heteroatoms. The summed E-state index contributed by atoms with van der Waals surface area (Å²) in [7, 11) is 0.